The largest absolute Gasteiger partial charge is 0.345 e. The molecule has 0 atom stereocenters. The van der Waals surface area contributed by atoms with E-state index in [0.717, 1.165) is 21.9 Å². The van der Waals surface area contributed by atoms with E-state index in [1.165, 1.54) is 52.8 Å². The number of sulfonamides is 1. The maximum Gasteiger partial charge on any atom is 0.251 e. The van der Waals surface area contributed by atoms with Crippen LogP contribution >= 0.6 is 27.7 Å². The number of amides is 2. The van der Waals surface area contributed by atoms with Gasteiger partial charge in [-0.05, 0) is 72.8 Å². The SMILES string of the molecule is CCN(CC)S(=O)(=O)c1ccc(C(=O)NCc2nnc(SCC(=O)Nc3ccc(F)cc3)n2-c2ccc(Br)cc2)cc1. The molecule has 0 fully saturated rings. The summed E-state index contributed by atoms with van der Waals surface area (Å²) in [5.41, 5.74) is 1.48. The molecule has 0 aliphatic rings. The lowest BCUT2D eigenvalue weighted by atomic mass is 10.2. The van der Waals surface area contributed by atoms with Gasteiger partial charge in [0.05, 0.1) is 17.2 Å². The van der Waals surface area contributed by atoms with E-state index in [4.69, 9.17) is 0 Å². The lowest BCUT2D eigenvalue weighted by Crippen LogP contribution is -2.30. The van der Waals surface area contributed by atoms with Crippen molar-refractivity contribution in [1.82, 2.24) is 24.4 Å². The van der Waals surface area contributed by atoms with E-state index in [1.54, 1.807) is 18.4 Å². The lowest BCUT2D eigenvalue weighted by molar-refractivity contribution is -0.113. The van der Waals surface area contributed by atoms with E-state index in [-0.39, 0.29) is 28.7 Å². The molecular weight excluding hydrogens is 647 g/mol. The Morgan fingerprint density at radius 1 is 0.952 bits per heavy atom. The number of carbonyl (C=O) groups excluding carboxylic acids is 2. The minimum Gasteiger partial charge on any atom is -0.345 e. The monoisotopic (exact) mass is 674 g/mol. The Kier molecular flexibility index (Phi) is 10.5. The highest BCUT2D eigenvalue weighted by atomic mass is 79.9. The number of anilines is 1. The summed E-state index contributed by atoms with van der Waals surface area (Å²) in [4.78, 5) is 25.5. The molecule has 0 saturated heterocycles. The molecule has 0 unspecified atom stereocenters. The van der Waals surface area contributed by atoms with Gasteiger partial charge in [0.2, 0.25) is 15.9 Å². The van der Waals surface area contributed by atoms with Crippen LogP contribution in [0.1, 0.15) is 30.0 Å². The quantitative estimate of drug-likeness (QED) is 0.206. The number of benzene rings is 3. The van der Waals surface area contributed by atoms with Crippen molar-refractivity contribution in [3.05, 3.63) is 94.5 Å². The maximum absolute atomic E-state index is 13.2. The normalized spacial score (nSPS) is 11.5. The second kappa shape index (κ2) is 14.1. The number of aromatic nitrogens is 3. The Morgan fingerprint density at radius 2 is 1.60 bits per heavy atom. The van der Waals surface area contributed by atoms with Crippen molar-refractivity contribution >= 4 is 55.2 Å². The van der Waals surface area contributed by atoms with Gasteiger partial charge in [-0.1, -0.05) is 41.5 Å². The summed E-state index contributed by atoms with van der Waals surface area (Å²) in [7, 11) is -3.64. The van der Waals surface area contributed by atoms with Gasteiger partial charge in [0.15, 0.2) is 11.0 Å². The summed E-state index contributed by atoms with van der Waals surface area (Å²) >= 11 is 4.58. The summed E-state index contributed by atoms with van der Waals surface area (Å²) < 4.78 is 42.6. The number of thioether (sulfide) groups is 1. The molecule has 220 valence electrons. The fraction of sp³-hybridized carbons (Fsp3) is 0.214. The van der Waals surface area contributed by atoms with Crippen molar-refractivity contribution < 1.29 is 22.4 Å². The number of hydrogen-bond donors (Lipinski definition) is 2. The maximum atomic E-state index is 13.2. The first-order valence-electron chi connectivity index (χ1n) is 12.9. The minimum absolute atomic E-state index is 0.0150. The van der Waals surface area contributed by atoms with Crippen LogP contribution in [0.5, 0.6) is 0 Å². The number of carbonyl (C=O) groups is 2. The predicted molar refractivity (Wildman–Crippen MR) is 163 cm³/mol. The summed E-state index contributed by atoms with van der Waals surface area (Å²) in [6.07, 6.45) is 0. The molecule has 1 aromatic heterocycles. The Balaban J connectivity index is 1.47. The molecule has 0 spiro atoms. The number of hydrogen-bond acceptors (Lipinski definition) is 7. The van der Waals surface area contributed by atoms with Gasteiger partial charge >= 0.3 is 0 Å². The number of halogens is 2. The third-order valence-corrected chi connectivity index (χ3v) is 9.63. The zero-order chi connectivity index (χ0) is 30.3. The summed E-state index contributed by atoms with van der Waals surface area (Å²) in [5, 5.41) is 14.4. The van der Waals surface area contributed by atoms with Gasteiger partial charge in [0, 0.05) is 34.5 Å². The number of nitrogens with zero attached hydrogens (tertiary/aromatic N) is 4. The van der Waals surface area contributed by atoms with E-state index in [9.17, 15) is 22.4 Å². The first kappa shape index (κ1) is 31.3. The Morgan fingerprint density at radius 3 is 2.21 bits per heavy atom. The van der Waals surface area contributed by atoms with Gasteiger partial charge < -0.3 is 10.6 Å². The standard InChI is InChI=1S/C28H28BrFN6O4S2/c1-3-35(4-2)42(39,40)24-15-5-19(6-16-24)27(38)31-17-25-33-34-28(36(25)23-13-7-20(29)8-14-23)41-18-26(37)32-22-11-9-21(30)10-12-22/h5-16H,3-4,17-18H2,1-2H3,(H,31,38)(H,32,37). The summed E-state index contributed by atoms with van der Waals surface area (Å²) in [5.74, 6) is -0.683. The molecule has 0 aliphatic carbocycles. The first-order valence-corrected chi connectivity index (χ1v) is 16.1. The van der Waals surface area contributed by atoms with Gasteiger partial charge in [-0.3, -0.25) is 14.2 Å². The van der Waals surface area contributed by atoms with Crippen molar-refractivity contribution in [3.63, 3.8) is 0 Å². The molecule has 14 heteroatoms. The fourth-order valence-corrected chi connectivity index (χ4v) is 6.46. The molecule has 2 amide bonds. The second-order valence-corrected chi connectivity index (χ2v) is 12.6. The smallest absolute Gasteiger partial charge is 0.251 e. The average Bonchev–Trinajstić information content (AvgIpc) is 3.39. The Hall–Kier alpha value is -3.59. The second-order valence-electron chi connectivity index (χ2n) is 8.85. The highest BCUT2D eigenvalue weighted by Crippen LogP contribution is 2.24. The molecule has 0 saturated carbocycles. The van der Waals surface area contributed by atoms with Crippen LogP contribution < -0.4 is 10.6 Å². The van der Waals surface area contributed by atoms with Crippen molar-refractivity contribution in [2.75, 3.05) is 24.2 Å². The van der Waals surface area contributed by atoms with Crippen LogP contribution in [0.3, 0.4) is 0 Å². The van der Waals surface area contributed by atoms with Crippen molar-refractivity contribution in [3.8, 4) is 5.69 Å². The third-order valence-electron chi connectivity index (χ3n) is 6.11. The van der Waals surface area contributed by atoms with Crippen molar-refractivity contribution in [1.29, 1.82) is 0 Å². The zero-order valence-corrected chi connectivity index (χ0v) is 26.0. The topological polar surface area (TPSA) is 126 Å². The molecule has 1 heterocycles. The van der Waals surface area contributed by atoms with Gasteiger partial charge in [-0.25, -0.2) is 12.8 Å². The summed E-state index contributed by atoms with van der Waals surface area (Å²) in [6.45, 7) is 4.24. The minimum atomic E-state index is -3.64. The van der Waals surface area contributed by atoms with E-state index in [1.807, 2.05) is 24.3 Å². The predicted octanol–water partition coefficient (Wildman–Crippen LogP) is 4.86. The van der Waals surface area contributed by atoms with Gasteiger partial charge in [-0.2, -0.15) is 4.31 Å². The van der Waals surface area contributed by atoms with Gasteiger partial charge in [0.25, 0.3) is 5.91 Å². The number of nitrogens with one attached hydrogen (secondary N) is 2. The molecule has 4 aromatic rings. The van der Waals surface area contributed by atoms with E-state index in [2.05, 4.69) is 36.8 Å². The Labute approximate surface area is 255 Å². The van der Waals surface area contributed by atoms with Crippen molar-refractivity contribution in [2.24, 2.45) is 0 Å². The molecule has 4 rings (SSSR count). The van der Waals surface area contributed by atoms with E-state index in [0.29, 0.717) is 29.8 Å². The first-order chi connectivity index (χ1) is 20.1. The lowest BCUT2D eigenvalue weighted by Gasteiger charge is -2.18. The van der Waals surface area contributed by atoms with Crippen LogP contribution in [0, 0.1) is 5.82 Å². The molecule has 2 N–H and O–H groups in total. The van der Waals surface area contributed by atoms with Crippen LogP contribution in [-0.4, -0.2) is 58.1 Å². The van der Waals surface area contributed by atoms with Crippen molar-refractivity contribution in [2.45, 2.75) is 30.4 Å². The number of rotatable bonds is 12. The molecular formula is C28H28BrFN6O4S2. The summed E-state index contributed by atoms with van der Waals surface area (Å²) in [6, 6.07) is 18.6. The molecule has 10 nitrogen and oxygen atoms in total. The van der Waals surface area contributed by atoms with E-state index >= 15 is 0 Å². The fourth-order valence-electron chi connectivity index (χ4n) is 3.97. The van der Waals surface area contributed by atoms with Gasteiger partial charge in [0.1, 0.15) is 5.82 Å². The highest BCUT2D eigenvalue weighted by molar-refractivity contribution is 9.10. The van der Waals surface area contributed by atoms with E-state index < -0.39 is 21.7 Å². The van der Waals surface area contributed by atoms with Gasteiger partial charge in [-0.15, -0.1) is 10.2 Å². The molecule has 3 aromatic carbocycles. The molecule has 0 aliphatic heterocycles. The van der Waals surface area contributed by atoms with Crippen LogP contribution in [0.15, 0.2) is 87.3 Å². The zero-order valence-electron chi connectivity index (χ0n) is 22.8. The van der Waals surface area contributed by atoms with Crippen LogP contribution in [0.4, 0.5) is 10.1 Å². The third kappa shape index (κ3) is 7.62. The van der Waals surface area contributed by atoms with Crippen LogP contribution in [-0.2, 0) is 21.4 Å². The molecule has 0 bridgehead atoms. The average molecular weight is 676 g/mol. The molecule has 42 heavy (non-hydrogen) atoms. The Bertz CT molecular complexity index is 1640. The molecule has 0 radical (unpaired) electrons. The highest BCUT2D eigenvalue weighted by Gasteiger charge is 2.22. The van der Waals surface area contributed by atoms with Crippen LogP contribution in [0.25, 0.3) is 5.69 Å². The van der Waals surface area contributed by atoms with Crippen LogP contribution in [0.2, 0.25) is 0 Å².